The van der Waals surface area contributed by atoms with E-state index < -0.39 is 60.4 Å². The van der Waals surface area contributed by atoms with E-state index in [-0.39, 0.29) is 25.7 Å². The van der Waals surface area contributed by atoms with Gasteiger partial charge in [0, 0.05) is 53.5 Å². The third kappa shape index (κ3) is 7.79. The number of rotatable bonds is 15. The van der Waals surface area contributed by atoms with Crippen molar-refractivity contribution in [1.29, 1.82) is 0 Å². The van der Waals surface area contributed by atoms with Gasteiger partial charge in [-0.1, -0.05) is 36.4 Å². The summed E-state index contributed by atoms with van der Waals surface area (Å²) in [6.07, 6.45) is 3.09. The number of hydrogen-bond acceptors (Lipinski definition) is 7. The number of carboxylic acids is 1. The molecule has 14 heteroatoms. The van der Waals surface area contributed by atoms with E-state index in [2.05, 4.69) is 25.9 Å². The molecule has 11 N–H and O–H groups in total. The molecule has 4 rings (SSSR count). The summed E-state index contributed by atoms with van der Waals surface area (Å²) in [5.41, 5.74) is 14.0. The van der Waals surface area contributed by atoms with Gasteiger partial charge in [0.15, 0.2) is 0 Å². The molecule has 14 nitrogen and oxygen atoms in total. The minimum Gasteiger partial charge on any atom is -0.480 e. The summed E-state index contributed by atoms with van der Waals surface area (Å²) in [4.78, 5) is 68.7. The molecule has 44 heavy (non-hydrogen) atoms. The number of aliphatic hydroxyl groups excluding tert-OH is 1. The molecule has 4 aromatic rings. The Morgan fingerprint density at radius 3 is 1.73 bits per heavy atom. The number of carbonyl (C=O) groups excluding carboxylic acids is 4. The van der Waals surface area contributed by atoms with Gasteiger partial charge in [0.05, 0.1) is 12.6 Å². The number of para-hydroxylation sites is 2. The third-order valence-electron chi connectivity index (χ3n) is 7.30. The van der Waals surface area contributed by atoms with E-state index >= 15 is 0 Å². The smallest absolute Gasteiger partial charge is 0.326 e. The van der Waals surface area contributed by atoms with Crippen molar-refractivity contribution < 1.29 is 34.2 Å². The van der Waals surface area contributed by atoms with E-state index in [0.717, 1.165) is 21.8 Å². The van der Waals surface area contributed by atoms with Gasteiger partial charge in [0.2, 0.25) is 23.6 Å². The molecule has 2 aromatic carbocycles. The number of primary amides is 1. The Balaban J connectivity index is 1.49. The Hall–Kier alpha value is -5.21. The molecule has 0 saturated heterocycles. The van der Waals surface area contributed by atoms with Crippen LogP contribution in [0.3, 0.4) is 0 Å². The molecule has 0 aliphatic heterocycles. The SMILES string of the molecule is NC(=O)CCC(N)C(=O)NC(Cc1c[nH]c2ccccc12)C(=O)NC(CO)C(=O)NC(Cc1c[nH]c2ccccc12)C(=O)O. The number of H-pyrrole nitrogens is 2. The van der Waals surface area contributed by atoms with Crippen molar-refractivity contribution in [2.24, 2.45) is 11.5 Å². The van der Waals surface area contributed by atoms with Gasteiger partial charge in [-0.3, -0.25) is 19.2 Å². The zero-order valence-electron chi connectivity index (χ0n) is 23.7. The standard InChI is InChI=1S/C30H35N7O7/c31-20(9-10-26(32)39)27(40)35-23(11-16-13-33-21-7-3-1-5-18(16)21)28(41)37-25(15-38)29(42)36-24(30(43)44)12-17-14-34-22-8-4-2-6-19(17)22/h1-8,13-14,20,23-25,33-34,38H,9-12,15,31H2,(H2,32,39)(H,35,40)(H,36,42)(H,37,41)(H,43,44). The summed E-state index contributed by atoms with van der Waals surface area (Å²) in [5, 5.41) is 28.8. The first-order valence-electron chi connectivity index (χ1n) is 14.0. The summed E-state index contributed by atoms with van der Waals surface area (Å²) in [6.45, 7) is -0.844. The molecule has 4 unspecified atom stereocenters. The first-order valence-corrected chi connectivity index (χ1v) is 14.0. The van der Waals surface area contributed by atoms with E-state index in [1.807, 2.05) is 42.5 Å². The van der Waals surface area contributed by atoms with Crippen LogP contribution in [0, 0.1) is 0 Å². The van der Waals surface area contributed by atoms with Crippen molar-refractivity contribution in [3.63, 3.8) is 0 Å². The Bertz CT molecular complexity index is 1660. The zero-order chi connectivity index (χ0) is 31.8. The summed E-state index contributed by atoms with van der Waals surface area (Å²) in [7, 11) is 0. The average Bonchev–Trinajstić information content (AvgIpc) is 3.61. The fourth-order valence-electron chi connectivity index (χ4n) is 4.90. The molecule has 0 fully saturated rings. The van der Waals surface area contributed by atoms with Crippen molar-refractivity contribution in [3.8, 4) is 0 Å². The number of fused-ring (bicyclic) bond motifs is 2. The van der Waals surface area contributed by atoms with Crippen LogP contribution in [0.2, 0.25) is 0 Å². The van der Waals surface area contributed by atoms with Gasteiger partial charge in [-0.25, -0.2) is 4.79 Å². The Labute approximate surface area is 251 Å². The number of carbonyl (C=O) groups is 5. The predicted molar refractivity (Wildman–Crippen MR) is 161 cm³/mol. The highest BCUT2D eigenvalue weighted by Crippen LogP contribution is 2.20. The lowest BCUT2D eigenvalue weighted by molar-refractivity contribution is -0.142. The lowest BCUT2D eigenvalue weighted by Gasteiger charge is -2.24. The molecule has 0 spiro atoms. The van der Waals surface area contributed by atoms with Crippen LogP contribution in [0.25, 0.3) is 21.8 Å². The number of aliphatic hydroxyl groups is 1. The summed E-state index contributed by atoms with van der Waals surface area (Å²) in [5.74, 6) is -4.41. The first kappa shape index (κ1) is 31.7. The van der Waals surface area contributed by atoms with Gasteiger partial charge in [-0.15, -0.1) is 0 Å². The van der Waals surface area contributed by atoms with E-state index in [1.165, 1.54) is 0 Å². The van der Waals surface area contributed by atoms with E-state index in [9.17, 15) is 34.2 Å². The van der Waals surface area contributed by atoms with Gasteiger partial charge in [0.1, 0.15) is 18.1 Å². The number of aliphatic carboxylic acids is 1. The van der Waals surface area contributed by atoms with E-state index in [0.29, 0.717) is 11.1 Å². The molecule has 4 amide bonds. The third-order valence-corrected chi connectivity index (χ3v) is 7.30. The number of benzene rings is 2. The van der Waals surface area contributed by atoms with Crippen molar-refractivity contribution in [1.82, 2.24) is 25.9 Å². The van der Waals surface area contributed by atoms with Gasteiger partial charge in [-0.05, 0) is 29.7 Å². The van der Waals surface area contributed by atoms with Crippen molar-refractivity contribution in [2.45, 2.75) is 49.9 Å². The van der Waals surface area contributed by atoms with Crippen LogP contribution in [0.1, 0.15) is 24.0 Å². The van der Waals surface area contributed by atoms with Crippen LogP contribution in [0.5, 0.6) is 0 Å². The second-order valence-electron chi connectivity index (χ2n) is 10.4. The summed E-state index contributed by atoms with van der Waals surface area (Å²) < 4.78 is 0. The number of hydrogen-bond donors (Lipinski definition) is 9. The first-order chi connectivity index (χ1) is 21.1. The van der Waals surface area contributed by atoms with Gasteiger partial charge < -0.3 is 47.6 Å². The van der Waals surface area contributed by atoms with Crippen LogP contribution < -0.4 is 27.4 Å². The van der Waals surface area contributed by atoms with Crippen molar-refractivity contribution in [3.05, 3.63) is 72.1 Å². The molecule has 2 heterocycles. The molecule has 0 aliphatic rings. The molecule has 0 aliphatic carbocycles. The molecular weight excluding hydrogens is 570 g/mol. The fourth-order valence-corrected chi connectivity index (χ4v) is 4.90. The topological polar surface area (TPSA) is 246 Å². The molecule has 0 bridgehead atoms. The number of aromatic amines is 2. The van der Waals surface area contributed by atoms with Crippen LogP contribution >= 0.6 is 0 Å². The van der Waals surface area contributed by atoms with Crippen molar-refractivity contribution >= 4 is 51.4 Å². The largest absolute Gasteiger partial charge is 0.480 e. The fraction of sp³-hybridized carbons (Fsp3) is 0.300. The maximum atomic E-state index is 13.5. The van der Waals surface area contributed by atoms with Crippen LogP contribution in [0.15, 0.2) is 60.9 Å². The molecule has 232 valence electrons. The summed E-state index contributed by atoms with van der Waals surface area (Å²) >= 11 is 0. The quantitative estimate of drug-likeness (QED) is 0.0857. The van der Waals surface area contributed by atoms with Gasteiger partial charge >= 0.3 is 5.97 Å². The zero-order valence-corrected chi connectivity index (χ0v) is 23.7. The number of aromatic nitrogens is 2. The maximum absolute atomic E-state index is 13.5. The normalized spacial score (nSPS) is 14.0. The maximum Gasteiger partial charge on any atom is 0.326 e. The molecule has 0 radical (unpaired) electrons. The van der Waals surface area contributed by atoms with Crippen molar-refractivity contribution in [2.75, 3.05) is 6.61 Å². The van der Waals surface area contributed by atoms with Crippen LogP contribution in [-0.4, -0.2) is 80.6 Å². The predicted octanol–water partition coefficient (Wildman–Crippen LogP) is -0.441. The van der Waals surface area contributed by atoms with E-state index in [4.69, 9.17) is 11.5 Å². The number of nitrogens with one attached hydrogen (secondary N) is 5. The number of amides is 4. The molecule has 2 aromatic heterocycles. The second-order valence-corrected chi connectivity index (χ2v) is 10.4. The number of carboxylic acid groups (broad SMARTS) is 1. The minimum absolute atomic E-state index is 0.0117. The highest BCUT2D eigenvalue weighted by Gasteiger charge is 2.31. The van der Waals surface area contributed by atoms with Crippen LogP contribution in [0.4, 0.5) is 0 Å². The average molecular weight is 606 g/mol. The highest BCUT2D eigenvalue weighted by molar-refractivity contribution is 5.95. The molecular formula is C30H35N7O7. The van der Waals surface area contributed by atoms with Gasteiger partial charge in [0.25, 0.3) is 0 Å². The number of nitrogens with two attached hydrogens (primary N) is 2. The molecule has 4 atom stereocenters. The Kier molecular flexibility index (Phi) is 10.3. The van der Waals surface area contributed by atoms with Crippen LogP contribution in [-0.2, 0) is 36.8 Å². The summed E-state index contributed by atoms with van der Waals surface area (Å²) in [6, 6.07) is 9.33. The van der Waals surface area contributed by atoms with Gasteiger partial charge in [-0.2, -0.15) is 0 Å². The van der Waals surface area contributed by atoms with E-state index in [1.54, 1.807) is 18.5 Å². The Morgan fingerprint density at radius 2 is 1.20 bits per heavy atom. The molecule has 0 saturated carbocycles. The highest BCUT2D eigenvalue weighted by atomic mass is 16.4. The lowest BCUT2D eigenvalue weighted by atomic mass is 10.0. The monoisotopic (exact) mass is 605 g/mol. The lowest BCUT2D eigenvalue weighted by Crippen LogP contribution is -2.58. The second kappa shape index (κ2) is 14.3. The Morgan fingerprint density at radius 1 is 0.727 bits per heavy atom. The minimum atomic E-state index is -1.53.